The first kappa shape index (κ1) is 26.0. The number of aromatic nitrogens is 3. The normalized spacial score (nSPS) is 12.5. The Hall–Kier alpha value is -4.06. The van der Waals surface area contributed by atoms with Crippen molar-refractivity contribution >= 4 is 5.65 Å². The number of ether oxygens (including phenoxy) is 4. The Morgan fingerprint density at radius 2 is 1.73 bits per heavy atom. The van der Waals surface area contributed by atoms with Crippen molar-refractivity contribution in [1.29, 1.82) is 0 Å². The van der Waals surface area contributed by atoms with Gasteiger partial charge in [0.25, 0.3) is 0 Å². The molecule has 12 heteroatoms. The van der Waals surface area contributed by atoms with E-state index >= 15 is 0 Å². The van der Waals surface area contributed by atoms with E-state index in [4.69, 9.17) is 14.2 Å². The first-order valence-corrected chi connectivity index (χ1v) is 11.2. The average Bonchev–Trinajstić information content (AvgIpc) is 3.17. The van der Waals surface area contributed by atoms with Gasteiger partial charge in [0.05, 0.1) is 13.7 Å². The third-order valence-corrected chi connectivity index (χ3v) is 5.33. The highest BCUT2D eigenvalue weighted by atomic mass is 19.4. The van der Waals surface area contributed by atoms with Gasteiger partial charge in [0, 0.05) is 18.9 Å². The summed E-state index contributed by atoms with van der Waals surface area (Å²) in [5.41, 5.74) is 1.13. The third-order valence-electron chi connectivity index (χ3n) is 5.33. The average molecular weight is 521 g/mol. The molecule has 0 aliphatic rings. The molecule has 0 saturated carbocycles. The monoisotopic (exact) mass is 521 g/mol. The number of benzene rings is 2. The summed E-state index contributed by atoms with van der Waals surface area (Å²) in [4.78, 5) is 13.0. The van der Waals surface area contributed by atoms with Crippen molar-refractivity contribution in [1.82, 2.24) is 14.2 Å². The minimum atomic E-state index is -4.78. The maximum Gasteiger partial charge on any atom is 0.573 e. The molecular formula is C25H23F4N3O5. The number of hydrogen-bond acceptors (Lipinski definition) is 6. The van der Waals surface area contributed by atoms with E-state index in [9.17, 15) is 22.4 Å². The van der Waals surface area contributed by atoms with Crippen LogP contribution in [-0.4, -0.2) is 47.0 Å². The summed E-state index contributed by atoms with van der Waals surface area (Å²) in [6, 6.07) is 12.5. The van der Waals surface area contributed by atoms with Gasteiger partial charge in [-0.25, -0.2) is 18.3 Å². The van der Waals surface area contributed by atoms with Crippen molar-refractivity contribution in [2.24, 2.45) is 0 Å². The van der Waals surface area contributed by atoms with E-state index in [1.165, 1.54) is 58.7 Å². The lowest BCUT2D eigenvalue weighted by Gasteiger charge is -2.18. The van der Waals surface area contributed by atoms with Crippen molar-refractivity contribution in [3.05, 3.63) is 77.1 Å². The Bertz CT molecular complexity index is 1420. The molecule has 4 aromatic rings. The Labute approximate surface area is 208 Å². The van der Waals surface area contributed by atoms with E-state index in [1.807, 2.05) is 0 Å². The van der Waals surface area contributed by atoms with Gasteiger partial charge in [0.2, 0.25) is 0 Å². The minimum Gasteiger partial charge on any atom is -0.493 e. The molecule has 0 bridgehead atoms. The minimum absolute atomic E-state index is 0.0493. The lowest BCUT2D eigenvalue weighted by Crippen LogP contribution is -2.33. The molecule has 37 heavy (non-hydrogen) atoms. The molecule has 1 unspecified atom stereocenters. The summed E-state index contributed by atoms with van der Waals surface area (Å²) in [5, 5.41) is 4.34. The van der Waals surface area contributed by atoms with Crippen LogP contribution in [0.1, 0.15) is 6.92 Å². The van der Waals surface area contributed by atoms with Gasteiger partial charge < -0.3 is 18.9 Å². The standard InChI is InChI=1S/C25H23F4N3O5/c1-3-35-20(15-36-21-10-7-18(26)12-22(21)34-2)14-32-24(33)31-13-17(6-11-23(31)30-32)16-4-8-19(9-5-16)37-25(27,28)29/h4-13,20H,3,14-15H2,1-2H3. The molecule has 1 atom stereocenters. The lowest BCUT2D eigenvalue weighted by atomic mass is 10.1. The van der Waals surface area contributed by atoms with Gasteiger partial charge in [0.1, 0.15) is 24.3 Å². The van der Waals surface area contributed by atoms with Crippen LogP contribution < -0.4 is 19.9 Å². The molecule has 0 spiro atoms. The molecule has 196 valence electrons. The Morgan fingerprint density at radius 3 is 2.41 bits per heavy atom. The summed E-state index contributed by atoms with van der Waals surface area (Å²) in [5.74, 6) is -0.255. The highest BCUT2D eigenvalue weighted by Crippen LogP contribution is 2.28. The molecule has 0 fully saturated rings. The second kappa shape index (κ2) is 10.9. The van der Waals surface area contributed by atoms with Crippen LogP contribution in [0.4, 0.5) is 17.6 Å². The molecule has 2 aromatic heterocycles. The SMILES string of the molecule is CCOC(COc1ccc(F)cc1OC)Cn1nc2ccc(-c3ccc(OC(F)(F)F)cc3)cn2c1=O. The third kappa shape index (κ3) is 6.39. The summed E-state index contributed by atoms with van der Waals surface area (Å²) in [7, 11) is 1.40. The van der Waals surface area contributed by atoms with Crippen LogP contribution in [0.5, 0.6) is 17.2 Å². The van der Waals surface area contributed by atoms with Crippen molar-refractivity contribution in [3.8, 4) is 28.4 Å². The van der Waals surface area contributed by atoms with Crippen molar-refractivity contribution in [2.45, 2.75) is 25.9 Å². The second-order valence-electron chi connectivity index (χ2n) is 7.87. The van der Waals surface area contributed by atoms with E-state index in [2.05, 4.69) is 9.84 Å². The summed E-state index contributed by atoms with van der Waals surface area (Å²) in [6.07, 6.45) is -3.78. The molecule has 0 amide bonds. The first-order valence-electron chi connectivity index (χ1n) is 11.2. The molecule has 2 heterocycles. The number of pyridine rings is 1. The van der Waals surface area contributed by atoms with Crippen molar-refractivity contribution in [3.63, 3.8) is 0 Å². The second-order valence-corrected chi connectivity index (χ2v) is 7.87. The Balaban J connectivity index is 1.52. The number of nitrogens with zero attached hydrogens (tertiary/aromatic N) is 3. The van der Waals surface area contributed by atoms with E-state index in [1.54, 1.807) is 25.3 Å². The number of fused-ring (bicyclic) bond motifs is 1. The largest absolute Gasteiger partial charge is 0.573 e. The molecule has 0 saturated heterocycles. The number of hydrogen-bond donors (Lipinski definition) is 0. The van der Waals surface area contributed by atoms with Crippen LogP contribution in [0.2, 0.25) is 0 Å². The van der Waals surface area contributed by atoms with Gasteiger partial charge in [0.15, 0.2) is 17.1 Å². The highest BCUT2D eigenvalue weighted by molar-refractivity contribution is 5.65. The van der Waals surface area contributed by atoms with E-state index in [0.717, 1.165) is 0 Å². The Kier molecular flexibility index (Phi) is 7.67. The number of halogens is 4. The first-order chi connectivity index (χ1) is 17.7. The molecule has 4 rings (SSSR count). The van der Waals surface area contributed by atoms with E-state index < -0.39 is 24.0 Å². The molecule has 0 aliphatic heterocycles. The zero-order valence-electron chi connectivity index (χ0n) is 19.9. The fraction of sp³-hybridized carbons (Fsp3) is 0.280. The fourth-order valence-corrected chi connectivity index (χ4v) is 3.68. The zero-order chi connectivity index (χ0) is 26.6. The molecule has 0 radical (unpaired) electrons. The Morgan fingerprint density at radius 1 is 1.00 bits per heavy atom. The molecular weight excluding hydrogens is 498 g/mol. The van der Waals surface area contributed by atoms with Gasteiger partial charge in [-0.1, -0.05) is 12.1 Å². The number of methoxy groups -OCH3 is 1. The van der Waals surface area contributed by atoms with Crippen molar-refractivity contribution < 1.29 is 36.5 Å². The van der Waals surface area contributed by atoms with Crippen LogP contribution in [0, 0.1) is 5.82 Å². The molecule has 2 aromatic carbocycles. The maximum absolute atomic E-state index is 13.4. The van der Waals surface area contributed by atoms with Crippen LogP contribution >= 0.6 is 0 Å². The van der Waals surface area contributed by atoms with Gasteiger partial charge in [-0.05, 0) is 54.4 Å². The van der Waals surface area contributed by atoms with Crippen molar-refractivity contribution in [2.75, 3.05) is 20.3 Å². The number of rotatable bonds is 10. The summed E-state index contributed by atoms with van der Waals surface area (Å²) >= 11 is 0. The summed E-state index contributed by atoms with van der Waals surface area (Å²) in [6.45, 7) is 2.29. The van der Waals surface area contributed by atoms with Crippen LogP contribution in [0.15, 0.2) is 65.6 Å². The van der Waals surface area contributed by atoms with E-state index in [0.29, 0.717) is 29.1 Å². The predicted molar refractivity (Wildman–Crippen MR) is 125 cm³/mol. The molecule has 8 nitrogen and oxygen atoms in total. The molecule has 0 aliphatic carbocycles. The molecule has 0 N–H and O–H groups in total. The summed E-state index contributed by atoms with van der Waals surface area (Å²) < 4.78 is 73.7. The number of alkyl halides is 3. The lowest BCUT2D eigenvalue weighted by molar-refractivity contribution is -0.274. The topological polar surface area (TPSA) is 76.2 Å². The fourth-order valence-electron chi connectivity index (χ4n) is 3.68. The smallest absolute Gasteiger partial charge is 0.493 e. The quantitative estimate of drug-likeness (QED) is 0.282. The van der Waals surface area contributed by atoms with Crippen LogP contribution in [-0.2, 0) is 11.3 Å². The van der Waals surface area contributed by atoms with Gasteiger partial charge in [-0.2, -0.15) is 0 Å². The predicted octanol–water partition coefficient (Wildman–Crippen LogP) is 4.69. The van der Waals surface area contributed by atoms with E-state index in [-0.39, 0.29) is 24.7 Å². The highest BCUT2D eigenvalue weighted by Gasteiger charge is 2.31. The van der Waals surface area contributed by atoms with Crippen LogP contribution in [0.25, 0.3) is 16.8 Å². The van der Waals surface area contributed by atoms with Gasteiger partial charge in [-0.3, -0.25) is 0 Å². The van der Waals surface area contributed by atoms with Gasteiger partial charge in [-0.15, -0.1) is 18.3 Å². The zero-order valence-corrected chi connectivity index (χ0v) is 19.9. The van der Waals surface area contributed by atoms with Gasteiger partial charge >= 0.3 is 12.1 Å². The van der Waals surface area contributed by atoms with Crippen LogP contribution in [0.3, 0.4) is 0 Å². The maximum atomic E-state index is 13.4.